The Labute approximate surface area is 120 Å². The lowest BCUT2D eigenvalue weighted by molar-refractivity contribution is 0.354. The summed E-state index contributed by atoms with van der Waals surface area (Å²) in [4.78, 5) is 0. The molecule has 0 bridgehead atoms. The second-order valence-corrected chi connectivity index (χ2v) is 5.33. The molecule has 3 nitrogen and oxygen atoms in total. The fraction of sp³-hybridized carbons (Fsp3) is 0.600. The van der Waals surface area contributed by atoms with E-state index in [1.807, 2.05) is 12.1 Å². The van der Waals surface area contributed by atoms with Gasteiger partial charge in [-0.1, -0.05) is 12.5 Å². The molecule has 0 aliphatic heterocycles. The molecule has 2 atom stereocenters. The van der Waals surface area contributed by atoms with E-state index in [1.165, 1.54) is 24.8 Å². The first kappa shape index (κ1) is 14.5. The highest BCUT2D eigenvalue weighted by Gasteiger charge is 2.25. The van der Waals surface area contributed by atoms with E-state index < -0.39 is 0 Å². The quantitative estimate of drug-likeness (QED) is 0.813. The van der Waals surface area contributed by atoms with Crippen molar-refractivity contribution in [3.8, 4) is 11.5 Å². The number of benzene rings is 1. The number of halogens is 1. The number of hydrogen-bond donors (Lipinski definition) is 1. The van der Waals surface area contributed by atoms with Crippen LogP contribution >= 0.6 is 11.6 Å². The Hall–Kier alpha value is -0.930. The van der Waals surface area contributed by atoms with Crippen molar-refractivity contribution in [1.29, 1.82) is 0 Å². The van der Waals surface area contributed by atoms with E-state index in [0.29, 0.717) is 12.0 Å². The van der Waals surface area contributed by atoms with Crippen LogP contribution in [0.4, 0.5) is 0 Å². The van der Waals surface area contributed by atoms with Gasteiger partial charge in [-0.05, 0) is 36.5 Å². The summed E-state index contributed by atoms with van der Waals surface area (Å²) in [5.74, 6) is 2.92. The van der Waals surface area contributed by atoms with Crippen LogP contribution in [0.25, 0.3) is 0 Å². The molecule has 2 rings (SSSR count). The minimum absolute atomic E-state index is 0.547. The molecule has 1 aliphatic carbocycles. The fourth-order valence-electron chi connectivity index (χ4n) is 2.73. The normalized spacial score (nSPS) is 22.5. The van der Waals surface area contributed by atoms with E-state index in [0.717, 1.165) is 23.9 Å². The van der Waals surface area contributed by atoms with Gasteiger partial charge in [-0.3, -0.25) is 0 Å². The molecule has 0 saturated heterocycles. The monoisotopic (exact) mass is 283 g/mol. The van der Waals surface area contributed by atoms with E-state index in [9.17, 15) is 0 Å². The van der Waals surface area contributed by atoms with Gasteiger partial charge in [0.25, 0.3) is 0 Å². The summed E-state index contributed by atoms with van der Waals surface area (Å²) in [6.07, 6.45) is 3.75. The second kappa shape index (κ2) is 7.01. The molecule has 19 heavy (non-hydrogen) atoms. The van der Waals surface area contributed by atoms with Gasteiger partial charge in [-0.15, -0.1) is 11.6 Å². The van der Waals surface area contributed by atoms with Crippen LogP contribution in [0.5, 0.6) is 11.5 Å². The van der Waals surface area contributed by atoms with Gasteiger partial charge in [0.05, 0.1) is 14.2 Å². The van der Waals surface area contributed by atoms with Crippen molar-refractivity contribution in [2.45, 2.75) is 31.8 Å². The maximum Gasteiger partial charge on any atom is 0.161 e. The third-order valence-electron chi connectivity index (χ3n) is 3.87. The molecule has 0 radical (unpaired) electrons. The van der Waals surface area contributed by atoms with Gasteiger partial charge in [0.2, 0.25) is 0 Å². The Morgan fingerprint density at radius 1 is 1.21 bits per heavy atom. The lowest BCUT2D eigenvalue weighted by Crippen LogP contribution is -2.32. The molecule has 1 aliphatic rings. The summed E-state index contributed by atoms with van der Waals surface area (Å²) >= 11 is 6.00. The number of rotatable bonds is 6. The Morgan fingerprint density at radius 3 is 2.68 bits per heavy atom. The van der Waals surface area contributed by atoms with Crippen molar-refractivity contribution in [3.05, 3.63) is 23.8 Å². The lowest BCUT2D eigenvalue weighted by Gasteiger charge is -2.19. The van der Waals surface area contributed by atoms with Crippen LogP contribution in [0.15, 0.2) is 18.2 Å². The van der Waals surface area contributed by atoms with Gasteiger partial charge in [0.15, 0.2) is 11.5 Å². The van der Waals surface area contributed by atoms with E-state index in [4.69, 9.17) is 21.1 Å². The summed E-state index contributed by atoms with van der Waals surface area (Å²) in [6.45, 7) is 0.846. The minimum Gasteiger partial charge on any atom is -0.493 e. The summed E-state index contributed by atoms with van der Waals surface area (Å²) in [6, 6.07) is 6.59. The zero-order chi connectivity index (χ0) is 13.7. The summed E-state index contributed by atoms with van der Waals surface area (Å²) in [5, 5.41) is 3.61. The number of nitrogens with one attached hydrogen (secondary N) is 1. The molecule has 2 unspecified atom stereocenters. The van der Waals surface area contributed by atoms with Crippen molar-refractivity contribution < 1.29 is 9.47 Å². The Bertz CT molecular complexity index is 411. The maximum absolute atomic E-state index is 6.00. The van der Waals surface area contributed by atoms with Crippen molar-refractivity contribution >= 4 is 11.6 Å². The first-order valence-corrected chi connectivity index (χ1v) is 7.32. The van der Waals surface area contributed by atoms with Gasteiger partial charge >= 0.3 is 0 Å². The molecule has 1 fully saturated rings. The SMILES string of the molecule is COc1ccc(CNC2CCCC2CCl)cc1OC. The zero-order valence-corrected chi connectivity index (χ0v) is 12.4. The van der Waals surface area contributed by atoms with Crippen LogP contribution < -0.4 is 14.8 Å². The molecular weight excluding hydrogens is 262 g/mol. The zero-order valence-electron chi connectivity index (χ0n) is 11.6. The Morgan fingerprint density at radius 2 is 2.00 bits per heavy atom. The summed E-state index contributed by atoms with van der Waals surface area (Å²) in [7, 11) is 3.31. The van der Waals surface area contributed by atoms with E-state index in [2.05, 4.69) is 11.4 Å². The predicted molar refractivity (Wildman–Crippen MR) is 78.2 cm³/mol. The molecule has 1 N–H and O–H groups in total. The average molecular weight is 284 g/mol. The summed E-state index contributed by atoms with van der Waals surface area (Å²) in [5.41, 5.74) is 1.21. The molecular formula is C15H22ClNO2. The van der Waals surface area contributed by atoms with Crippen molar-refractivity contribution in [2.24, 2.45) is 5.92 Å². The molecule has 0 amide bonds. The van der Waals surface area contributed by atoms with Gasteiger partial charge in [0.1, 0.15) is 0 Å². The van der Waals surface area contributed by atoms with Gasteiger partial charge < -0.3 is 14.8 Å². The average Bonchev–Trinajstić information content (AvgIpc) is 2.92. The minimum atomic E-state index is 0.547. The van der Waals surface area contributed by atoms with Crippen LogP contribution in [-0.2, 0) is 6.54 Å². The number of methoxy groups -OCH3 is 2. The molecule has 0 heterocycles. The standard InChI is InChI=1S/C15H22ClNO2/c1-18-14-7-6-11(8-15(14)19-2)10-17-13-5-3-4-12(13)9-16/h6-8,12-13,17H,3-5,9-10H2,1-2H3. The molecule has 0 aromatic heterocycles. The summed E-state index contributed by atoms with van der Waals surface area (Å²) < 4.78 is 10.6. The third kappa shape index (κ3) is 3.54. The Kier molecular flexibility index (Phi) is 5.34. The van der Waals surface area contributed by atoms with Gasteiger partial charge in [0, 0.05) is 18.5 Å². The highest BCUT2D eigenvalue weighted by molar-refractivity contribution is 6.18. The lowest BCUT2D eigenvalue weighted by atomic mass is 10.1. The van der Waals surface area contributed by atoms with Crippen molar-refractivity contribution in [3.63, 3.8) is 0 Å². The number of ether oxygens (including phenoxy) is 2. The maximum atomic E-state index is 6.00. The van der Waals surface area contributed by atoms with E-state index in [-0.39, 0.29) is 0 Å². The van der Waals surface area contributed by atoms with Crippen LogP contribution in [0.3, 0.4) is 0 Å². The van der Waals surface area contributed by atoms with Crippen LogP contribution in [0.2, 0.25) is 0 Å². The molecule has 4 heteroatoms. The first-order valence-electron chi connectivity index (χ1n) is 6.78. The number of hydrogen-bond acceptors (Lipinski definition) is 3. The van der Waals surface area contributed by atoms with E-state index >= 15 is 0 Å². The molecule has 1 aromatic rings. The smallest absolute Gasteiger partial charge is 0.161 e. The molecule has 1 aromatic carbocycles. The Balaban J connectivity index is 1.96. The highest BCUT2D eigenvalue weighted by atomic mass is 35.5. The van der Waals surface area contributed by atoms with E-state index in [1.54, 1.807) is 14.2 Å². The first-order chi connectivity index (χ1) is 9.28. The van der Waals surface area contributed by atoms with Gasteiger partial charge in [-0.25, -0.2) is 0 Å². The number of alkyl halides is 1. The molecule has 0 spiro atoms. The van der Waals surface area contributed by atoms with Crippen molar-refractivity contribution in [2.75, 3.05) is 20.1 Å². The fourth-order valence-corrected chi connectivity index (χ4v) is 3.10. The van der Waals surface area contributed by atoms with Crippen LogP contribution in [0.1, 0.15) is 24.8 Å². The van der Waals surface area contributed by atoms with Crippen molar-refractivity contribution in [1.82, 2.24) is 5.32 Å². The van der Waals surface area contributed by atoms with Crippen LogP contribution in [0, 0.1) is 5.92 Å². The van der Waals surface area contributed by atoms with Gasteiger partial charge in [-0.2, -0.15) is 0 Å². The largest absolute Gasteiger partial charge is 0.493 e. The molecule has 1 saturated carbocycles. The molecule has 106 valence electrons. The predicted octanol–water partition coefficient (Wildman–Crippen LogP) is 3.20. The second-order valence-electron chi connectivity index (χ2n) is 5.02. The third-order valence-corrected chi connectivity index (χ3v) is 4.27. The topological polar surface area (TPSA) is 30.5 Å². The highest BCUT2D eigenvalue weighted by Crippen LogP contribution is 2.29. The van der Waals surface area contributed by atoms with Crippen LogP contribution in [-0.4, -0.2) is 26.1 Å².